The van der Waals surface area contributed by atoms with Gasteiger partial charge in [-0.05, 0) is 61.0 Å². The Bertz CT molecular complexity index is 1410. The van der Waals surface area contributed by atoms with Crippen LogP contribution in [-0.2, 0) is 0 Å². The van der Waals surface area contributed by atoms with Gasteiger partial charge in [0.2, 0.25) is 5.95 Å². The van der Waals surface area contributed by atoms with Crippen LogP contribution in [0.2, 0.25) is 0 Å². The van der Waals surface area contributed by atoms with E-state index in [1.54, 1.807) is 18.3 Å². The van der Waals surface area contributed by atoms with E-state index in [9.17, 15) is 4.39 Å². The van der Waals surface area contributed by atoms with Gasteiger partial charge in [0.05, 0.1) is 29.5 Å². The molecule has 0 spiro atoms. The van der Waals surface area contributed by atoms with Gasteiger partial charge in [-0.2, -0.15) is 0 Å². The largest absolute Gasteiger partial charge is 0.491 e. The van der Waals surface area contributed by atoms with Gasteiger partial charge in [-0.3, -0.25) is 0 Å². The number of benzene rings is 3. The molecule has 0 saturated heterocycles. The van der Waals surface area contributed by atoms with Crippen LogP contribution in [0, 0.1) is 5.82 Å². The van der Waals surface area contributed by atoms with E-state index < -0.39 is 0 Å². The molecule has 0 aliphatic heterocycles. The molecule has 5 rings (SSSR count). The summed E-state index contributed by atoms with van der Waals surface area (Å²) >= 11 is 0. The standard InChI is InChI=1S/C29H26FN5O/c1-2-24(19-36-25-11-7-4-8-12-25)35-20-32-27(21-13-15-22(30)16-14-21)28(35)26-17-18-31-29(34-26)33-23-9-5-3-6-10-23/h3-18,20,24H,2,19H2,1H3,(H,31,33,34). The highest BCUT2D eigenvalue weighted by molar-refractivity contribution is 5.77. The number of rotatable bonds is 9. The molecule has 0 aliphatic rings. The minimum Gasteiger partial charge on any atom is -0.491 e. The van der Waals surface area contributed by atoms with E-state index in [1.165, 1.54) is 12.1 Å². The lowest BCUT2D eigenvalue weighted by molar-refractivity contribution is 0.246. The maximum Gasteiger partial charge on any atom is 0.227 e. The van der Waals surface area contributed by atoms with Crippen molar-refractivity contribution in [1.29, 1.82) is 0 Å². The van der Waals surface area contributed by atoms with E-state index in [2.05, 4.69) is 21.8 Å². The number of para-hydroxylation sites is 2. The number of halogens is 1. The molecule has 7 heteroatoms. The zero-order valence-electron chi connectivity index (χ0n) is 19.9. The quantitative estimate of drug-likeness (QED) is 0.249. The highest BCUT2D eigenvalue weighted by atomic mass is 19.1. The highest BCUT2D eigenvalue weighted by Crippen LogP contribution is 2.34. The van der Waals surface area contributed by atoms with Crippen LogP contribution in [0.25, 0.3) is 22.6 Å². The second kappa shape index (κ2) is 10.8. The molecule has 1 N–H and O–H groups in total. The van der Waals surface area contributed by atoms with Crippen molar-refractivity contribution in [3.63, 3.8) is 0 Å². The average Bonchev–Trinajstić information content (AvgIpc) is 3.36. The van der Waals surface area contributed by atoms with Gasteiger partial charge in [0.25, 0.3) is 0 Å². The number of ether oxygens (including phenoxy) is 1. The Hall–Kier alpha value is -4.52. The molecule has 1 unspecified atom stereocenters. The Labute approximate surface area is 209 Å². The second-order valence-corrected chi connectivity index (χ2v) is 8.30. The summed E-state index contributed by atoms with van der Waals surface area (Å²) in [5.41, 5.74) is 3.95. The van der Waals surface area contributed by atoms with E-state index in [1.807, 2.05) is 73.1 Å². The molecule has 0 amide bonds. The van der Waals surface area contributed by atoms with Crippen molar-refractivity contribution in [3.8, 4) is 28.4 Å². The smallest absolute Gasteiger partial charge is 0.227 e. The number of hydrogen-bond donors (Lipinski definition) is 1. The minimum atomic E-state index is -0.293. The monoisotopic (exact) mass is 479 g/mol. The van der Waals surface area contributed by atoms with Gasteiger partial charge in [0.1, 0.15) is 18.2 Å². The molecule has 5 aromatic rings. The normalized spacial score (nSPS) is 11.7. The van der Waals surface area contributed by atoms with Crippen molar-refractivity contribution in [2.24, 2.45) is 0 Å². The Morgan fingerprint density at radius 3 is 2.33 bits per heavy atom. The predicted molar refractivity (Wildman–Crippen MR) is 140 cm³/mol. The highest BCUT2D eigenvalue weighted by Gasteiger charge is 2.22. The minimum absolute atomic E-state index is 0.00222. The number of anilines is 2. The topological polar surface area (TPSA) is 64.9 Å². The first-order chi connectivity index (χ1) is 17.7. The zero-order chi connectivity index (χ0) is 24.7. The lowest BCUT2D eigenvalue weighted by atomic mass is 10.1. The van der Waals surface area contributed by atoms with Gasteiger partial charge >= 0.3 is 0 Å². The molecular formula is C29H26FN5O. The Balaban J connectivity index is 1.54. The predicted octanol–water partition coefficient (Wildman–Crippen LogP) is 6.92. The Morgan fingerprint density at radius 1 is 0.889 bits per heavy atom. The molecule has 36 heavy (non-hydrogen) atoms. The molecule has 0 aliphatic carbocycles. The molecule has 0 fully saturated rings. The number of hydrogen-bond acceptors (Lipinski definition) is 5. The molecule has 0 saturated carbocycles. The van der Waals surface area contributed by atoms with Crippen LogP contribution >= 0.6 is 0 Å². The first-order valence-corrected chi connectivity index (χ1v) is 11.9. The van der Waals surface area contributed by atoms with Gasteiger partial charge in [-0.1, -0.05) is 43.3 Å². The number of nitrogens with zero attached hydrogens (tertiary/aromatic N) is 4. The van der Waals surface area contributed by atoms with Gasteiger partial charge < -0.3 is 14.6 Å². The molecule has 180 valence electrons. The first kappa shape index (κ1) is 23.2. The number of imidazole rings is 1. The van der Waals surface area contributed by atoms with E-state index in [4.69, 9.17) is 14.7 Å². The third-order valence-corrected chi connectivity index (χ3v) is 5.89. The Kier molecular flexibility index (Phi) is 6.98. The van der Waals surface area contributed by atoms with Gasteiger partial charge in [0.15, 0.2) is 0 Å². The summed E-state index contributed by atoms with van der Waals surface area (Å²) in [6.45, 7) is 2.58. The lowest BCUT2D eigenvalue weighted by Crippen LogP contribution is -2.17. The van der Waals surface area contributed by atoms with Crippen LogP contribution in [0.15, 0.2) is 104 Å². The molecule has 0 bridgehead atoms. The third-order valence-electron chi connectivity index (χ3n) is 5.89. The van der Waals surface area contributed by atoms with E-state index in [-0.39, 0.29) is 11.9 Å². The van der Waals surface area contributed by atoms with Crippen molar-refractivity contribution in [3.05, 3.63) is 109 Å². The van der Waals surface area contributed by atoms with Crippen LogP contribution in [0.5, 0.6) is 5.75 Å². The lowest BCUT2D eigenvalue weighted by Gasteiger charge is -2.21. The maximum atomic E-state index is 13.7. The van der Waals surface area contributed by atoms with Crippen LogP contribution < -0.4 is 10.1 Å². The van der Waals surface area contributed by atoms with Crippen molar-refractivity contribution >= 4 is 11.6 Å². The molecule has 1 atom stereocenters. The summed E-state index contributed by atoms with van der Waals surface area (Å²) in [6, 6.07) is 27.7. The molecule has 0 radical (unpaired) electrons. The molecule has 2 aromatic heterocycles. The summed E-state index contributed by atoms with van der Waals surface area (Å²) < 4.78 is 21.9. The summed E-state index contributed by atoms with van der Waals surface area (Å²) in [5, 5.41) is 3.26. The summed E-state index contributed by atoms with van der Waals surface area (Å²) in [7, 11) is 0. The molecular weight excluding hydrogens is 453 g/mol. The molecule has 3 aromatic carbocycles. The molecule has 6 nitrogen and oxygen atoms in total. The average molecular weight is 480 g/mol. The third kappa shape index (κ3) is 5.25. The van der Waals surface area contributed by atoms with Gasteiger partial charge in [-0.15, -0.1) is 0 Å². The fraction of sp³-hybridized carbons (Fsp3) is 0.138. The molecule has 2 heterocycles. The fourth-order valence-corrected chi connectivity index (χ4v) is 4.02. The Morgan fingerprint density at radius 2 is 1.61 bits per heavy atom. The van der Waals surface area contributed by atoms with Crippen LogP contribution in [0.4, 0.5) is 16.0 Å². The summed E-state index contributed by atoms with van der Waals surface area (Å²) in [5.74, 6) is 0.997. The first-order valence-electron chi connectivity index (χ1n) is 11.9. The summed E-state index contributed by atoms with van der Waals surface area (Å²) in [4.78, 5) is 13.9. The number of aromatic nitrogens is 4. The zero-order valence-corrected chi connectivity index (χ0v) is 19.9. The van der Waals surface area contributed by atoms with Crippen molar-refractivity contribution in [2.75, 3.05) is 11.9 Å². The van der Waals surface area contributed by atoms with Crippen molar-refractivity contribution < 1.29 is 9.13 Å². The second-order valence-electron chi connectivity index (χ2n) is 8.30. The van der Waals surface area contributed by atoms with E-state index in [0.717, 1.165) is 34.8 Å². The maximum absolute atomic E-state index is 13.7. The van der Waals surface area contributed by atoms with Crippen molar-refractivity contribution in [1.82, 2.24) is 19.5 Å². The fourth-order valence-electron chi connectivity index (χ4n) is 4.02. The van der Waals surface area contributed by atoms with E-state index >= 15 is 0 Å². The SMILES string of the molecule is CCC(COc1ccccc1)n1cnc(-c2ccc(F)cc2)c1-c1ccnc(Nc2ccccc2)n1. The summed E-state index contributed by atoms with van der Waals surface area (Å²) in [6.07, 6.45) is 4.35. The van der Waals surface area contributed by atoms with Crippen molar-refractivity contribution in [2.45, 2.75) is 19.4 Å². The van der Waals surface area contributed by atoms with Crippen LogP contribution in [-0.4, -0.2) is 26.1 Å². The van der Waals surface area contributed by atoms with Crippen LogP contribution in [0.3, 0.4) is 0 Å². The van der Waals surface area contributed by atoms with E-state index in [0.29, 0.717) is 18.2 Å². The van der Waals surface area contributed by atoms with Gasteiger partial charge in [0, 0.05) is 17.4 Å². The number of nitrogens with one attached hydrogen (secondary N) is 1. The van der Waals surface area contributed by atoms with Crippen LogP contribution in [0.1, 0.15) is 19.4 Å². The van der Waals surface area contributed by atoms with Gasteiger partial charge in [-0.25, -0.2) is 19.3 Å².